The van der Waals surface area contributed by atoms with Crippen molar-refractivity contribution in [3.8, 4) is 11.4 Å². The Kier molecular flexibility index (Phi) is 4.41. The van der Waals surface area contributed by atoms with Gasteiger partial charge in [0.25, 0.3) is 0 Å². The normalized spacial score (nSPS) is 18.5. The molecule has 0 atom stereocenters. The van der Waals surface area contributed by atoms with Crippen LogP contribution in [0, 0.1) is 0 Å². The van der Waals surface area contributed by atoms with E-state index >= 15 is 0 Å². The summed E-state index contributed by atoms with van der Waals surface area (Å²) in [5, 5.41) is 12.4. The minimum atomic E-state index is 0.524. The van der Waals surface area contributed by atoms with Crippen LogP contribution in [0.25, 0.3) is 33.3 Å². The van der Waals surface area contributed by atoms with Crippen LogP contribution in [-0.4, -0.2) is 51.3 Å². The van der Waals surface area contributed by atoms with Crippen molar-refractivity contribution in [1.82, 2.24) is 30.5 Å². The molecule has 7 nitrogen and oxygen atoms in total. The number of piperidine rings is 2. The van der Waals surface area contributed by atoms with Crippen LogP contribution in [0.3, 0.4) is 0 Å². The Morgan fingerprint density at radius 1 is 0.967 bits per heavy atom. The van der Waals surface area contributed by atoms with Crippen molar-refractivity contribution in [2.45, 2.75) is 38.0 Å². The molecule has 0 amide bonds. The van der Waals surface area contributed by atoms with Gasteiger partial charge in [0.05, 0.1) is 34.8 Å². The number of fused-ring (bicyclic) bond motifs is 2. The predicted octanol–water partition coefficient (Wildman–Crippen LogP) is 3.96. The van der Waals surface area contributed by atoms with Crippen LogP contribution in [0.4, 0.5) is 5.69 Å². The van der Waals surface area contributed by atoms with Crippen molar-refractivity contribution >= 4 is 27.6 Å². The number of rotatable bonds is 3. The van der Waals surface area contributed by atoms with Gasteiger partial charge in [0, 0.05) is 30.1 Å². The topological polar surface area (TPSA) is 85.5 Å². The van der Waals surface area contributed by atoms with Gasteiger partial charge in [0.15, 0.2) is 0 Å². The van der Waals surface area contributed by atoms with Crippen molar-refractivity contribution in [3.63, 3.8) is 0 Å². The number of H-pyrrole nitrogens is 2. The average Bonchev–Trinajstić information content (AvgIpc) is 3.43. The molecule has 154 valence electrons. The van der Waals surface area contributed by atoms with Crippen molar-refractivity contribution in [1.29, 1.82) is 0 Å². The fourth-order valence-corrected chi connectivity index (χ4v) is 5.00. The van der Waals surface area contributed by atoms with E-state index in [1.165, 1.54) is 36.0 Å². The lowest BCUT2D eigenvalue weighted by Gasteiger charge is -2.28. The van der Waals surface area contributed by atoms with Crippen LogP contribution in [0.15, 0.2) is 30.6 Å². The second kappa shape index (κ2) is 7.40. The summed E-state index contributed by atoms with van der Waals surface area (Å²) < 4.78 is 0. The molecule has 2 fully saturated rings. The first-order valence-electron chi connectivity index (χ1n) is 11.1. The van der Waals surface area contributed by atoms with E-state index in [1.54, 1.807) is 0 Å². The third-order valence-corrected chi connectivity index (χ3v) is 6.66. The van der Waals surface area contributed by atoms with E-state index in [-0.39, 0.29) is 0 Å². The highest BCUT2D eigenvalue weighted by atomic mass is 15.1. The SMILES string of the molecule is c1cc2[nH]nc(-c3cc4c(N5CCCCC5)cncc4[nH]3)c2nc1C1CCNCC1. The van der Waals surface area contributed by atoms with Crippen molar-refractivity contribution < 1.29 is 0 Å². The molecule has 2 aliphatic rings. The Labute approximate surface area is 175 Å². The summed E-state index contributed by atoms with van der Waals surface area (Å²) in [6, 6.07) is 6.50. The number of anilines is 1. The maximum absolute atomic E-state index is 5.05. The van der Waals surface area contributed by atoms with Crippen LogP contribution >= 0.6 is 0 Å². The number of pyridine rings is 2. The van der Waals surface area contributed by atoms with Crippen LogP contribution < -0.4 is 10.2 Å². The Morgan fingerprint density at radius 2 is 1.83 bits per heavy atom. The lowest BCUT2D eigenvalue weighted by Crippen LogP contribution is -2.29. The molecule has 0 saturated carbocycles. The molecule has 3 N–H and O–H groups in total. The number of nitrogens with zero attached hydrogens (tertiary/aromatic N) is 4. The van der Waals surface area contributed by atoms with E-state index in [2.05, 4.69) is 48.6 Å². The fourth-order valence-electron chi connectivity index (χ4n) is 5.00. The summed E-state index contributed by atoms with van der Waals surface area (Å²) in [6.07, 6.45) is 10.0. The van der Waals surface area contributed by atoms with Crippen LogP contribution in [0.2, 0.25) is 0 Å². The molecule has 4 aromatic rings. The van der Waals surface area contributed by atoms with Crippen LogP contribution in [0.5, 0.6) is 0 Å². The second-order valence-corrected chi connectivity index (χ2v) is 8.58. The number of aromatic amines is 2. The van der Waals surface area contributed by atoms with E-state index in [0.717, 1.165) is 67.0 Å². The Morgan fingerprint density at radius 3 is 2.70 bits per heavy atom. The first-order valence-corrected chi connectivity index (χ1v) is 11.1. The maximum atomic E-state index is 5.05. The molecule has 0 spiro atoms. The fraction of sp³-hybridized carbons (Fsp3) is 0.435. The standard InChI is InChI=1S/C23H27N7/c1-2-10-30(11-3-1)21-14-25-13-20-16(21)12-19(26-20)23-22-18(28-29-23)5-4-17(27-22)15-6-8-24-9-7-15/h4-5,12-15,24,26H,1-3,6-11H2,(H,28,29). The predicted molar refractivity (Wildman–Crippen MR) is 120 cm³/mol. The number of aromatic nitrogens is 5. The zero-order chi connectivity index (χ0) is 19.9. The van der Waals surface area contributed by atoms with E-state index in [0.29, 0.717) is 5.92 Å². The molecule has 0 radical (unpaired) electrons. The van der Waals surface area contributed by atoms with Crippen LogP contribution in [0.1, 0.15) is 43.7 Å². The summed E-state index contributed by atoms with van der Waals surface area (Å²) in [5.74, 6) is 0.524. The zero-order valence-electron chi connectivity index (χ0n) is 17.1. The molecule has 4 aromatic heterocycles. The highest BCUT2D eigenvalue weighted by Gasteiger charge is 2.20. The van der Waals surface area contributed by atoms with Crippen LogP contribution in [-0.2, 0) is 0 Å². The molecular weight excluding hydrogens is 374 g/mol. The van der Waals surface area contributed by atoms with Gasteiger partial charge < -0.3 is 15.2 Å². The minimum Gasteiger partial charge on any atom is -0.370 e. The lowest BCUT2D eigenvalue weighted by molar-refractivity contribution is 0.454. The van der Waals surface area contributed by atoms with Gasteiger partial charge in [0.1, 0.15) is 11.2 Å². The minimum absolute atomic E-state index is 0.524. The summed E-state index contributed by atoms with van der Waals surface area (Å²) in [6.45, 7) is 4.34. The molecule has 30 heavy (non-hydrogen) atoms. The third kappa shape index (κ3) is 3.04. The zero-order valence-corrected chi connectivity index (χ0v) is 17.1. The maximum Gasteiger partial charge on any atom is 0.135 e. The third-order valence-electron chi connectivity index (χ3n) is 6.66. The molecular formula is C23H27N7. The second-order valence-electron chi connectivity index (χ2n) is 8.58. The van der Waals surface area contributed by atoms with E-state index in [9.17, 15) is 0 Å². The van der Waals surface area contributed by atoms with Gasteiger partial charge in [-0.05, 0) is 63.4 Å². The molecule has 2 aliphatic heterocycles. The Hall–Kier alpha value is -2.93. The highest BCUT2D eigenvalue weighted by molar-refractivity contribution is 5.98. The summed E-state index contributed by atoms with van der Waals surface area (Å²) in [5.41, 5.74) is 7.27. The first kappa shape index (κ1) is 17.9. The Balaban J connectivity index is 1.42. The van der Waals surface area contributed by atoms with Crippen molar-refractivity contribution in [3.05, 3.63) is 36.3 Å². The van der Waals surface area contributed by atoms with Crippen molar-refractivity contribution in [2.24, 2.45) is 0 Å². The van der Waals surface area contributed by atoms with E-state index in [4.69, 9.17) is 4.98 Å². The van der Waals surface area contributed by atoms with Gasteiger partial charge in [-0.2, -0.15) is 5.10 Å². The Bertz CT molecular complexity index is 1180. The van der Waals surface area contributed by atoms with Gasteiger partial charge in [0.2, 0.25) is 0 Å². The van der Waals surface area contributed by atoms with E-state index < -0.39 is 0 Å². The highest BCUT2D eigenvalue weighted by Crippen LogP contribution is 2.34. The summed E-state index contributed by atoms with van der Waals surface area (Å²) in [4.78, 5) is 15.6. The molecule has 7 heteroatoms. The molecule has 6 rings (SSSR count). The molecule has 0 bridgehead atoms. The average molecular weight is 402 g/mol. The van der Waals surface area contributed by atoms with Gasteiger partial charge in [-0.1, -0.05) is 0 Å². The molecule has 6 heterocycles. The molecule has 0 aliphatic carbocycles. The van der Waals surface area contributed by atoms with Gasteiger partial charge in [-0.15, -0.1) is 0 Å². The molecule has 0 aromatic carbocycles. The number of nitrogens with one attached hydrogen (secondary N) is 3. The van der Waals surface area contributed by atoms with Crippen molar-refractivity contribution in [2.75, 3.05) is 31.1 Å². The monoisotopic (exact) mass is 401 g/mol. The van der Waals surface area contributed by atoms with Gasteiger partial charge in [-0.3, -0.25) is 10.1 Å². The van der Waals surface area contributed by atoms with Gasteiger partial charge in [-0.25, -0.2) is 4.98 Å². The smallest absolute Gasteiger partial charge is 0.135 e. The molecule has 2 saturated heterocycles. The van der Waals surface area contributed by atoms with Gasteiger partial charge >= 0.3 is 0 Å². The van der Waals surface area contributed by atoms with E-state index in [1.807, 2.05) is 12.4 Å². The number of hydrogen-bond acceptors (Lipinski definition) is 5. The molecule has 0 unspecified atom stereocenters. The quantitative estimate of drug-likeness (QED) is 0.484. The summed E-state index contributed by atoms with van der Waals surface area (Å²) in [7, 11) is 0. The summed E-state index contributed by atoms with van der Waals surface area (Å²) >= 11 is 0. The first-order chi connectivity index (χ1) is 14.9. The lowest BCUT2D eigenvalue weighted by atomic mass is 9.94. The largest absolute Gasteiger partial charge is 0.370 e. The number of hydrogen-bond donors (Lipinski definition) is 3.